The summed E-state index contributed by atoms with van der Waals surface area (Å²) >= 11 is 0. The second-order valence-corrected chi connectivity index (χ2v) is 4.51. The summed E-state index contributed by atoms with van der Waals surface area (Å²) in [7, 11) is 1.62. The van der Waals surface area contributed by atoms with Crippen LogP contribution in [0.5, 0.6) is 0 Å². The highest BCUT2D eigenvalue weighted by Crippen LogP contribution is 2.06. The molecule has 0 spiro atoms. The van der Waals surface area contributed by atoms with Crippen LogP contribution in [0.1, 0.15) is 25.7 Å². The first-order valence-electron chi connectivity index (χ1n) is 6.77. The minimum absolute atomic E-state index is 0.0643. The van der Waals surface area contributed by atoms with Crippen molar-refractivity contribution in [2.75, 3.05) is 33.5 Å². The third-order valence-electron chi connectivity index (χ3n) is 2.94. The van der Waals surface area contributed by atoms with Gasteiger partial charge in [-0.3, -0.25) is 19.3 Å². The molecule has 0 aromatic rings. The number of methoxy groups -OCH3 is 1. The van der Waals surface area contributed by atoms with Gasteiger partial charge in [-0.25, -0.2) is 0 Å². The van der Waals surface area contributed by atoms with Crippen LogP contribution in [-0.2, 0) is 23.9 Å². The summed E-state index contributed by atoms with van der Waals surface area (Å²) in [6, 6.07) is 0. The maximum Gasteiger partial charge on any atom is 0.253 e. The van der Waals surface area contributed by atoms with E-state index in [1.807, 2.05) is 0 Å². The number of ether oxygens (including phenoxy) is 2. The molecule has 20 heavy (non-hydrogen) atoms. The van der Waals surface area contributed by atoms with Crippen molar-refractivity contribution in [2.24, 2.45) is 0 Å². The maximum atomic E-state index is 11.6. The highest BCUT2D eigenvalue weighted by Gasteiger charge is 2.23. The minimum atomic E-state index is -0.339. The Labute approximate surface area is 118 Å². The number of carbonyl (C=O) groups is 3. The molecular formula is C14H21NO5. The third-order valence-corrected chi connectivity index (χ3v) is 2.94. The van der Waals surface area contributed by atoms with Crippen LogP contribution >= 0.6 is 0 Å². The summed E-state index contributed by atoms with van der Waals surface area (Å²) in [5.74, 6) is -0.613. The van der Waals surface area contributed by atoms with Gasteiger partial charge < -0.3 is 9.47 Å². The van der Waals surface area contributed by atoms with Gasteiger partial charge in [0.05, 0.1) is 13.2 Å². The van der Waals surface area contributed by atoms with Gasteiger partial charge in [0, 0.05) is 45.3 Å². The molecular weight excluding hydrogens is 262 g/mol. The number of unbranched alkanes of at least 4 members (excludes halogenated alkanes) is 1. The average molecular weight is 283 g/mol. The molecule has 1 rings (SSSR count). The summed E-state index contributed by atoms with van der Waals surface area (Å²) in [5.41, 5.74) is 0. The second kappa shape index (κ2) is 9.39. The van der Waals surface area contributed by atoms with Gasteiger partial charge >= 0.3 is 0 Å². The smallest absolute Gasteiger partial charge is 0.253 e. The van der Waals surface area contributed by atoms with E-state index in [0.29, 0.717) is 26.2 Å². The van der Waals surface area contributed by atoms with E-state index in [2.05, 4.69) is 0 Å². The van der Waals surface area contributed by atoms with Crippen LogP contribution in [0.25, 0.3) is 0 Å². The Morgan fingerprint density at radius 2 is 1.75 bits per heavy atom. The second-order valence-electron chi connectivity index (χ2n) is 4.51. The number of Topliss-reactive ketones (excluding diaryl/α,β-unsaturated/α-hetero) is 1. The molecule has 0 fully saturated rings. The fourth-order valence-electron chi connectivity index (χ4n) is 1.78. The van der Waals surface area contributed by atoms with E-state index in [1.165, 1.54) is 12.2 Å². The van der Waals surface area contributed by atoms with Crippen LogP contribution in [0, 0.1) is 0 Å². The Morgan fingerprint density at radius 1 is 1.05 bits per heavy atom. The average Bonchev–Trinajstić information content (AvgIpc) is 2.75. The Kier molecular flexibility index (Phi) is 7.75. The number of rotatable bonds is 11. The van der Waals surface area contributed by atoms with Gasteiger partial charge in [-0.15, -0.1) is 0 Å². The van der Waals surface area contributed by atoms with Crippen LogP contribution in [-0.4, -0.2) is 56.0 Å². The summed E-state index contributed by atoms with van der Waals surface area (Å²) in [6.07, 6.45) is 4.71. The summed E-state index contributed by atoms with van der Waals surface area (Å²) in [6.45, 7) is 1.93. The van der Waals surface area contributed by atoms with E-state index in [-0.39, 0.29) is 30.6 Å². The highest BCUT2D eigenvalue weighted by atomic mass is 16.5. The van der Waals surface area contributed by atoms with Crippen molar-refractivity contribution in [3.63, 3.8) is 0 Å². The molecule has 6 nitrogen and oxygen atoms in total. The van der Waals surface area contributed by atoms with Gasteiger partial charge in [-0.1, -0.05) is 0 Å². The van der Waals surface area contributed by atoms with Gasteiger partial charge in [-0.2, -0.15) is 0 Å². The molecule has 0 bridgehead atoms. The number of hydrogen-bond acceptors (Lipinski definition) is 5. The molecule has 0 aromatic carbocycles. The Balaban J connectivity index is 2.01. The molecule has 0 radical (unpaired) electrons. The summed E-state index contributed by atoms with van der Waals surface area (Å²) in [4.78, 5) is 35.2. The molecule has 2 amide bonds. The first-order valence-corrected chi connectivity index (χ1v) is 6.77. The largest absolute Gasteiger partial charge is 0.382 e. The predicted octanol–water partition coefficient (Wildman–Crippen LogP) is 0.704. The molecule has 0 unspecified atom stereocenters. The lowest BCUT2D eigenvalue weighted by molar-refractivity contribution is -0.137. The molecule has 0 atom stereocenters. The zero-order valence-electron chi connectivity index (χ0n) is 11.8. The Hall–Kier alpha value is -1.53. The maximum absolute atomic E-state index is 11.6. The number of ketones is 1. The van der Waals surface area contributed by atoms with E-state index in [0.717, 1.165) is 17.7 Å². The Bertz CT molecular complexity index is 360. The fourth-order valence-corrected chi connectivity index (χ4v) is 1.78. The topological polar surface area (TPSA) is 72.9 Å². The van der Waals surface area contributed by atoms with Gasteiger partial charge in [0.25, 0.3) is 11.8 Å². The third kappa shape index (κ3) is 6.08. The minimum Gasteiger partial charge on any atom is -0.382 e. The molecule has 1 aliphatic rings. The van der Waals surface area contributed by atoms with E-state index >= 15 is 0 Å². The van der Waals surface area contributed by atoms with E-state index < -0.39 is 0 Å². The molecule has 6 heteroatoms. The van der Waals surface area contributed by atoms with Crippen molar-refractivity contribution < 1.29 is 23.9 Å². The SMILES string of the molecule is COCCOCCCCC(=O)CCN1C(=O)C=CC1=O. The van der Waals surface area contributed by atoms with Crippen molar-refractivity contribution in [1.29, 1.82) is 0 Å². The quantitative estimate of drug-likeness (QED) is 0.412. The fraction of sp³-hybridized carbons (Fsp3) is 0.643. The summed E-state index contributed by atoms with van der Waals surface area (Å²) < 4.78 is 10.1. The Morgan fingerprint density at radius 3 is 2.40 bits per heavy atom. The lowest BCUT2D eigenvalue weighted by Crippen LogP contribution is -2.32. The lowest BCUT2D eigenvalue weighted by atomic mass is 10.1. The van der Waals surface area contributed by atoms with Gasteiger partial charge in [-0.05, 0) is 12.8 Å². The highest BCUT2D eigenvalue weighted by molar-refractivity contribution is 6.13. The summed E-state index contributed by atoms with van der Waals surface area (Å²) in [5, 5.41) is 0. The van der Waals surface area contributed by atoms with Crippen LogP contribution in [0.2, 0.25) is 0 Å². The van der Waals surface area contributed by atoms with Gasteiger partial charge in [0.2, 0.25) is 0 Å². The monoisotopic (exact) mass is 283 g/mol. The molecule has 0 saturated carbocycles. The normalized spacial score (nSPS) is 14.3. The number of nitrogens with zero attached hydrogens (tertiary/aromatic N) is 1. The predicted molar refractivity (Wildman–Crippen MR) is 72.0 cm³/mol. The van der Waals surface area contributed by atoms with Gasteiger partial charge in [0.1, 0.15) is 5.78 Å². The van der Waals surface area contributed by atoms with Crippen molar-refractivity contribution in [1.82, 2.24) is 4.90 Å². The van der Waals surface area contributed by atoms with E-state index in [4.69, 9.17) is 9.47 Å². The first kappa shape index (κ1) is 16.5. The van der Waals surface area contributed by atoms with E-state index in [1.54, 1.807) is 7.11 Å². The number of carbonyl (C=O) groups excluding carboxylic acids is 3. The van der Waals surface area contributed by atoms with Crippen LogP contribution in [0.15, 0.2) is 12.2 Å². The van der Waals surface area contributed by atoms with Crippen molar-refractivity contribution in [3.8, 4) is 0 Å². The zero-order chi connectivity index (χ0) is 14.8. The first-order chi connectivity index (χ1) is 9.65. The molecule has 0 saturated heterocycles. The molecule has 0 N–H and O–H groups in total. The van der Waals surface area contributed by atoms with Crippen LogP contribution in [0.4, 0.5) is 0 Å². The molecule has 1 heterocycles. The molecule has 112 valence electrons. The molecule has 0 aliphatic carbocycles. The van der Waals surface area contributed by atoms with Crippen LogP contribution < -0.4 is 0 Å². The van der Waals surface area contributed by atoms with Crippen molar-refractivity contribution in [2.45, 2.75) is 25.7 Å². The van der Waals surface area contributed by atoms with Crippen LogP contribution in [0.3, 0.4) is 0 Å². The molecule has 0 aromatic heterocycles. The zero-order valence-corrected chi connectivity index (χ0v) is 11.8. The van der Waals surface area contributed by atoms with Gasteiger partial charge in [0.15, 0.2) is 0 Å². The molecule has 1 aliphatic heterocycles. The number of imide groups is 1. The van der Waals surface area contributed by atoms with Crippen molar-refractivity contribution >= 4 is 17.6 Å². The number of amides is 2. The lowest BCUT2D eigenvalue weighted by Gasteiger charge is -2.12. The van der Waals surface area contributed by atoms with Crippen molar-refractivity contribution in [3.05, 3.63) is 12.2 Å². The number of hydrogen-bond donors (Lipinski definition) is 0. The standard InChI is InChI=1S/C14H21NO5/c1-19-10-11-20-9-3-2-4-12(16)7-8-15-13(17)5-6-14(15)18/h5-6H,2-4,7-11H2,1H3. The van der Waals surface area contributed by atoms with E-state index in [9.17, 15) is 14.4 Å².